The van der Waals surface area contributed by atoms with Gasteiger partial charge in [-0.05, 0) is 33.1 Å². The number of carbonyl (C=O) groups excluding carboxylic acids is 1. The van der Waals surface area contributed by atoms with Crippen molar-refractivity contribution in [2.75, 3.05) is 25.0 Å². The van der Waals surface area contributed by atoms with Gasteiger partial charge in [-0.1, -0.05) is 11.6 Å². The third kappa shape index (κ3) is 5.17. The number of pyridine rings is 1. The number of halogens is 1. The quantitative estimate of drug-likeness (QED) is 0.773. The van der Waals surface area contributed by atoms with Crippen LogP contribution in [0, 0.1) is 5.92 Å². The fraction of sp³-hybridized carbons (Fsp3) is 0.556. The van der Waals surface area contributed by atoms with Crippen LogP contribution in [0.3, 0.4) is 0 Å². The summed E-state index contributed by atoms with van der Waals surface area (Å²) in [4.78, 5) is 26.7. The number of aliphatic hydroxyl groups is 1. The van der Waals surface area contributed by atoms with Crippen LogP contribution in [0.5, 0.6) is 0 Å². The van der Waals surface area contributed by atoms with Crippen LogP contribution < -0.4 is 5.32 Å². The number of rotatable bonds is 3. The second-order valence-corrected chi connectivity index (χ2v) is 8.13. The van der Waals surface area contributed by atoms with Gasteiger partial charge in [-0.2, -0.15) is 0 Å². The van der Waals surface area contributed by atoms with Crippen molar-refractivity contribution in [3.8, 4) is 0 Å². The van der Waals surface area contributed by atoms with E-state index in [2.05, 4.69) is 20.3 Å². The standard InChI is InChI=1S/C18H24ClN5O3/c1-18(2,3)27-17(26)24-9-11(6-12(25)10-24)8-22-16-15-13(7-14(19)23-16)20-4-5-21-15/h4-5,7,11-12,25H,6,8-10H2,1-3H3,(H,22,23)/t11-,12+/m1/s1. The molecule has 1 saturated heterocycles. The maximum atomic E-state index is 12.3. The SMILES string of the molecule is CC(C)(C)OC(=O)N1C[C@@H](O)C[C@H](CNc2nc(Cl)cc3nccnc23)C1. The topological polar surface area (TPSA) is 100 Å². The van der Waals surface area contributed by atoms with E-state index >= 15 is 0 Å². The molecule has 0 aromatic carbocycles. The van der Waals surface area contributed by atoms with Crippen LogP contribution in [0.1, 0.15) is 27.2 Å². The van der Waals surface area contributed by atoms with Gasteiger partial charge >= 0.3 is 6.09 Å². The molecule has 0 aliphatic carbocycles. The number of carbonyl (C=O) groups is 1. The Kier molecular flexibility index (Phi) is 5.67. The summed E-state index contributed by atoms with van der Waals surface area (Å²) in [7, 11) is 0. The van der Waals surface area contributed by atoms with Crippen LogP contribution in [-0.2, 0) is 4.74 Å². The van der Waals surface area contributed by atoms with Gasteiger partial charge in [0.2, 0.25) is 0 Å². The van der Waals surface area contributed by atoms with E-state index in [1.165, 1.54) is 0 Å². The van der Waals surface area contributed by atoms with Crippen molar-refractivity contribution in [3.63, 3.8) is 0 Å². The Morgan fingerprint density at radius 3 is 2.85 bits per heavy atom. The molecule has 2 aromatic heterocycles. The summed E-state index contributed by atoms with van der Waals surface area (Å²) in [5.74, 6) is 0.572. The summed E-state index contributed by atoms with van der Waals surface area (Å²) >= 11 is 6.07. The van der Waals surface area contributed by atoms with E-state index in [9.17, 15) is 9.90 Å². The van der Waals surface area contributed by atoms with Gasteiger partial charge < -0.3 is 20.1 Å². The first-order valence-corrected chi connectivity index (χ1v) is 9.26. The van der Waals surface area contributed by atoms with Crippen LogP contribution in [0.15, 0.2) is 18.5 Å². The smallest absolute Gasteiger partial charge is 0.410 e. The van der Waals surface area contributed by atoms with Gasteiger partial charge in [0.15, 0.2) is 5.82 Å². The van der Waals surface area contributed by atoms with Crippen LogP contribution in [0.2, 0.25) is 5.15 Å². The monoisotopic (exact) mass is 393 g/mol. The first kappa shape index (κ1) is 19.6. The first-order valence-electron chi connectivity index (χ1n) is 8.88. The van der Waals surface area contributed by atoms with Crippen molar-refractivity contribution in [2.45, 2.75) is 38.9 Å². The molecule has 1 aliphatic rings. The second-order valence-electron chi connectivity index (χ2n) is 7.74. The molecule has 0 saturated carbocycles. The van der Waals surface area contributed by atoms with Crippen LogP contribution >= 0.6 is 11.6 Å². The molecule has 2 aromatic rings. The number of amides is 1. The molecule has 2 N–H and O–H groups in total. The maximum Gasteiger partial charge on any atom is 0.410 e. The maximum absolute atomic E-state index is 12.3. The third-order valence-corrected chi connectivity index (χ3v) is 4.34. The van der Waals surface area contributed by atoms with E-state index in [-0.39, 0.29) is 12.5 Å². The predicted octanol–water partition coefficient (Wildman–Crippen LogP) is 2.71. The van der Waals surface area contributed by atoms with Crippen molar-refractivity contribution in [2.24, 2.45) is 5.92 Å². The van der Waals surface area contributed by atoms with Gasteiger partial charge in [-0.25, -0.2) is 14.8 Å². The minimum Gasteiger partial charge on any atom is -0.444 e. The third-order valence-electron chi connectivity index (χ3n) is 4.15. The lowest BCUT2D eigenvalue weighted by Crippen LogP contribution is -2.49. The van der Waals surface area contributed by atoms with Gasteiger partial charge in [0, 0.05) is 38.1 Å². The number of aliphatic hydroxyl groups excluding tert-OH is 1. The van der Waals surface area contributed by atoms with Crippen molar-refractivity contribution in [1.29, 1.82) is 0 Å². The molecule has 3 rings (SSSR count). The molecule has 1 aliphatic heterocycles. The summed E-state index contributed by atoms with van der Waals surface area (Å²) in [6.07, 6.45) is 2.76. The second kappa shape index (κ2) is 7.82. The largest absolute Gasteiger partial charge is 0.444 e. The number of hydrogen-bond donors (Lipinski definition) is 2. The van der Waals surface area contributed by atoms with Gasteiger partial charge in [0.1, 0.15) is 16.3 Å². The normalized spacial score (nSPS) is 20.6. The minimum atomic E-state index is -0.595. The molecule has 0 unspecified atom stereocenters. The molecule has 0 radical (unpaired) electrons. The first-order chi connectivity index (χ1) is 12.7. The van der Waals surface area contributed by atoms with Crippen LogP contribution in [0.4, 0.5) is 10.6 Å². The molecule has 8 nitrogen and oxygen atoms in total. The Labute approximate surface area is 162 Å². The van der Waals surface area contributed by atoms with Gasteiger partial charge in [0.25, 0.3) is 0 Å². The zero-order valence-corrected chi connectivity index (χ0v) is 16.4. The van der Waals surface area contributed by atoms with Gasteiger partial charge in [-0.15, -0.1) is 0 Å². The van der Waals surface area contributed by atoms with Gasteiger partial charge in [-0.3, -0.25) is 4.98 Å². The van der Waals surface area contributed by atoms with Crippen molar-refractivity contribution < 1.29 is 14.6 Å². The lowest BCUT2D eigenvalue weighted by molar-refractivity contribution is -0.00594. The number of piperidine rings is 1. The summed E-state index contributed by atoms with van der Waals surface area (Å²) in [6.45, 7) is 6.73. The zero-order chi connectivity index (χ0) is 19.6. The fourth-order valence-electron chi connectivity index (χ4n) is 3.10. The average Bonchev–Trinajstić information content (AvgIpc) is 2.57. The summed E-state index contributed by atoms with van der Waals surface area (Å²) < 4.78 is 5.42. The molecule has 3 heterocycles. The van der Waals surface area contributed by atoms with E-state index in [0.717, 1.165) is 0 Å². The molecule has 1 fully saturated rings. The van der Waals surface area contributed by atoms with E-state index in [1.807, 2.05) is 20.8 Å². The number of anilines is 1. The predicted molar refractivity (Wildman–Crippen MR) is 103 cm³/mol. The number of β-amino-alcohol motifs (C(OH)–C–C–N with tert-alkyl or cyclic N) is 1. The number of fused-ring (bicyclic) bond motifs is 1. The Hall–Kier alpha value is -2.19. The number of hydrogen-bond acceptors (Lipinski definition) is 7. The molecular weight excluding hydrogens is 370 g/mol. The highest BCUT2D eigenvalue weighted by Crippen LogP contribution is 2.24. The highest BCUT2D eigenvalue weighted by atomic mass is 35.5. The molecule has 27 heavy (non-hydrogen) atoms. The Balaban J connectivity index is 1.68. The molecule has 146 valence electrons. The number of nitrogens with zero attached hydrogens (tertiary/aromatic N) is 4. The van der Waals surface area contributed by atoms with Crippen molar-refractivity contribution in [3.05, 3.63) is 23.6 Å². The van der Waals surface area contributed by atoms with Crippen molar-refractivity contribution >= 4 is 34.5 Å². The molecule has 2 atom stereocenters. The Bertz CT molecular complexity index is 826. The molecule has 1 amide bonds. The average molecular weight is 394 g/mol. The molecule has 0 bridgehead atoms. The summed E-state index contributed by atoms with van der Waals surface area (Å²) in [6, 6.07) is 1.66. The Morgan fingerprint density at radius 1 is 1.37 bits per heavy atom. The number of ether oxygens (including phenoxy) is 1. The molecule has 0 spiro atoms. The lowest BCUT2D eigenvalue weighted by Gasteiger charge is -2.36. The van der Waals surface area contributed by atoms with Crippen molar-refractivity contribution in [1.82, 2.24) is 19.9 Å². The summed E-state index contributed by atoms with van der Waals surface area (Å²) in [5.41, 5.74) is 0.705. The minimum absolute atomic E-state index is 0.0359. The molecule has 9 heteroatoms. The van der Waals surface area contributed by atoms with Crippen LogP contribution in [-0.4, -0.2) is 62.4 Å². The number of nitrogens with one attached hydrogen (secondary N) is 1. The van der Waals surface area contributed by atoms with E-state index < -0.39 is 17.8 Å². The Morgan fingerprint density at radius 2 is 2.11 bits per heavy atom. The number of aromatic nitrogens is 3. The zero-order valence-electron chi connectivity index (χ0n) is 15.6. The fourth-order valence-corrected chi connectivity index (χ4v) is 3.29. The van der Waals surface area contributed by atoms with E-state index in [4.69, 9.17) is 16.3 Å². The number of likely N-dealkylation sites (tertiary alicyclic amines) is 1. The van der Waals surface area contributed by atoms with E-state index in [1.54, 1.807) is 23.4 Å². The summed E-state index contributed by atoms with van der Waals surface area (Å²) in [5, 5.41) is 13.7. The molecular formula is C18H24ClN5O3. The van der Waals surface area contributed by atoms with Crippen LogP contribution in [0.25, 0.3) is 11.0 Å². The lowest BCUT2D eigenvalue weighted by atomic mass is 9.96. The highest BCUT2D eigenvalue weighted by molar-refractivity contribution is 6.30. The van der Waals surface area contributed by atoms with Gasteiger partial charge in [0.05, 0.1) is 11.6 Å². The van der Waals surface area contributed by atoms with E-state index in [0.29, 0.717) is 41.5 Å². The highest BCUT2D eigenvalue weighted by Gasteiger charge is 2.31.